The number of hydrogen-bond acceptors (Lipinski definition) is 2. The van der Waals surface area contributed by atoms with E-state index >= 15 is 0 Å². The highest BCUT2D eigenvalue weighted by molar-refractivity contribution is 6.29. The maximum Gasteiger partial charge on any atom is 0.129 e. The molecule has 0 saturated carbocycles. The van der Waals surface area contributed by atoms with Crippen molar-refractivity contribution in [1.82, 2.24) is 4.98 Å². The maximum atomic E-state index is 5.81. The predicted molar refractivity (Wildman–Crippen MR) is 65.8 cm³/mol. The minimum atomic E-state index is 0.573. The first kappa shape index (κ1) is 10.4. The molecule has 0 spiro atoms. The van der Waals surface area contributed by atoms with E-state index in [1.54, 1.807) is 0 Å². The smallest absolute Gasteiger partial charge is 0.129 e. The Labute approximate surface area is 101 Å². The number of quaternary nitrogens is 1. The summed E-state index contributed by atoms with van der Waals surface area (Å²) in [4.78, 5) is 6.65. The number of pyridine rings is 1. The molecule has 3 heterocycles. The van der Waals surface area contributed by atoms with Gasteiger partial charge in [0.1, 0.15) is 11.2 Å². The molecular weight excluding hydrogens is 222 g/mol. The van der Waals surface area contributed by atoms with Crippen LogP contribution in [0.25, 0.3) is 0 Å². The van der Waals surface area contributed by atoms with Gasteiger partial charge in [-0.2, -0.15) is 0 Å². The molecular formula is C12H17ClN3+. The molecule has 0 N–H and O–H groups in total. The number of aromatic nitrogens is 1. The van der Waals surface area contributed by atoms with Gasteiger partial charge in [0.2, 0.25) is 0 Å². The van der Waals surface area contributed by atoms with Crippen molar-refractivity contribution in [3.05, 3.63) is 23.5 Å². The first-order valence-electron chi connectivity index (χ1n) is 5.77. The van der Waals surface area contributed by atoms with E-state index in [2.05, 4.69) is 30.0 Å². The van der Waals surface area contributed by atoms with Gasteiger partial charge in [-0.05, 0) is 12.1 Å². The lowest BCUT2D eigenvalue weighted by atomic mass is 10.2. The van der Waals surface area contributed by atoms with Crippen molar-refractivity contribution in [3.8, 4) is 0 Å². The first-order chi connectivity index (χ1) is 7.56. The van der Waals surface area contributed by atoms with Crippen LogP contribution >= 0.6 is 11.6 Å². The third-order valence-corrected chi connectivity index (χ3v) is 4.33. The fourth-order valence-corrected chi connectivity index (χ4v) is 3.23. The SMILES string of the molecule is C[N+]1(C)CC2CC1CN2c1ccc(Cl)nc1. The molecule has 2 aliphatic rings. The number of likely N-dealkylation sites (tertiary alicyclic amines) is 1. The predicted octanol–water partition coefficient (Wildman–Crippen LogP) is 1.77. The number of fused-ring (bicyclic) bond motifs is 2. The van der Waals surface area contributed by atoms with E-state index in [-0.39, 0.29) is 0 Å². The molecule has 86 valence electrons. The monoisotopic (exact) mass is 238 g/mol. The lowest BCUT2D eigenvalue weighted by Crippen LogP contribution is -2.55. The highest BCUT2D eigenvalue weighted by atomic mass is 35.5. The molecule has 0 aromatic carbocycles. The number of anilines is 1. The van der Waals surface area contributed by atoms with E-state index in [0.29, 0.717) is 11.2 Å². The molecule has 0 amide bonds. The molecule has 3 nitrogen and oxygen atoms in total. The van der Waals surface area contributed by atoms with Gasteiger partial charge in [0, 0.05) is 6.42 Å². The van der Waals surface area contributed by atoms with Crippen molar-refractivity contribution in [2.45, 2.75) is 18.5 Å². The number of likely N-dealkylation sites (N-methyl/N-ethyl adjacent to an activating group) is 1. The highest BCUT2D eigenvalue weighted by Crippen LogP contribution is 2.36. The second kappa shape index (κ2) is 3.34. The Morgan fingerprint density at radius 1 is 1.44 bits per heavy atom. The summed E-state index contributed by atoms with van der Waals surface area (Å²) >= 11 is 5.81. The Kier molecular flexibility index (Phi) is 2.17. The van der Waals surface area contributed by atoms with Crippen molar-refractivity contribution < 1.29 is 4.48 Å². The molecule has 0 radical (unpaired) electrons. The summed E-state index contributed by atoms with van der Waals surface area (Å²) < 4.78 is 1.17. The Morgan fingerprint density at radius 3 is 2.75 bits per heavy atom. The number of halogens is 1. The molecule has 2 aliphatic heterocycles. The molecule has 1 aromatic heterocycles. The minimum Gasteiger partial charge on any atom is -0.355 e. The number of rotatable bonds is 1. The number of nitrogens with zero attached hydrogens (tertiary/aromatic N) is 3. The van der Waals surface area contributed by atoms with Crippen LogP contribution in [0.2, 0.25) is 5.15 Å². The van der Waals surface area contributed by atoms with Crippen LogP contribution in [-0.4, -0.2) is 48.7 Å². The van der Waals surface area contributed by atoms with Crippen LogP contribution in [0, 0.1) is 0 Å². The Bertz CT molecular complexity index is 401. The molecule has 0 aliphatic carbocycles. The van der Waals surface area contributed by atoms with Gasteiger partial charge in [-0.1, -0.05) is 11.6 Å². The van der Waals surface area contributed by atoms with Crippen LogP contribution in [0.3, 0.4) is 0 Å². The molecule has 2 fully saturated rings. The number of piperazine rings is 1. The summed E-state index contributed by atoms with van der Waals surface area (Å²) in [7, 11) is 4.67. The molecule has 16 heavy (non-hydrogen) atoms. The first-order valence-corrected chi connectivity index (χ1v) is 6.15. The zero-order valence-corrected chi connectivity index (χ0v) is 10.5. The molecule has 4 heteroatoms. The second-order valence-electron chi connectivity index (χ2n) is 5.50. The summed E-state index contributed by atoms with van der Waals surface area (Å²) in [5.74, 6) is 0. The lowest BCUT2D eigenvalue weighted by molar-refractivity contribution is -0.903. The van der Waals surface area contributed by atoms with Crippen molar-refractivity contribution in [2.75, 3.05) is 32.1 Å². The van der Waals surface area contributed by atoms with E-state index in [1.807, 2.05) is 12.3 Å². The van der Waals surface area contributed by atoms with E-state index in [1.165, 1.54) is 23.1 Å². The highest BCUT2D eigenvalue weighted by Gasteiger charge is 2.50. The Balaban J connectivity index is 1.83. The van der Waals surface area contributed by atoms with Crippen LogP contribution in [0.1, 0.15) is 6.42 Å². The van der Waals surface area contributed by atoms with Crippen molar-refractivity contribution >= 4 is 17.3 Å². The van der Waals surface area contributed by atoms with Crippen molar-refractivity contribution in [2.24, 2.45) is 0 Å². The molecule has 1 aromatic rings. The van der Waals surface area contributed by atoms with Crippen LogP contribution in [0.15, 0.2) is 18.3 Å². The minimum absolute atomic E-state index is 0.573. The molecule has 2 bridgehead atoms. The van der Waals surface area contributed by atoms with Gasteiger partial charge < -0.3 is 9.38 Å². The average Bonchev–Trinajstić information content (AvgIpc) is 2.74. The van der Waals surface area contributed by atoms with Crippen molar-refractivity contribution in [1.29, 1.82) is 0 Å². The topological polar surface area (TPSA) is 16.1 Å². The molecule has 2 atom stereocenters. The zero-order valence-electron chi connectivity index (χ0n) is 9.73. The summed E-state index contributed by atoms with van der Waals surface area (Å²) in [5, 5.41) is 0.573. The third kappa shape index (κ3) is 1.50. The van der Waals surface area contributed by atoms with Gasteiger partial charge in [-0.3, -0.25) is 0 Å². The van der Waals surface area contributed by atoms with Crippen LogP contribution < -0.4 is 4.90 Å². The Morgan fingerprint density at radius 2 is 2.25 bits per heavy atom. The third-order valence-electron chi connectivity index (χ3n) is 4.11. The maximum absolute atomic E-state index is 5.81. The van der Waals surface area contributed by atoms with Gasteiger partial charge in [0.25, 0.3) is 0 Å². The van der Waals surface area contributed by atoms with Gasteiger partial charge in [0.15, 0.2) is 0 Å². The van der Waals surface area contributed by atoms with Crippen LogP contribution in [-0.2, 0) is 0 Å². The second-order valence-corrected chi connectivity index (χ2v) is 5.88. The molecule has 2 unspecified atom stereocenters. The van der Waals surface area contributed by atoms with E-state index in [9.17, 15) is 0 Å². The van der Waals surface area contributed by atoms with E-state index in [0.717, 1.165) is 12.6 Å². The van der Waals surface area contributed by atoms with Gasteiger partial charge >= 0.3 is 0 Å². The van der Waals surface area contributed by atoms with Gasteiger partial charge in [-0.25, -0.2) is 4.98 Å². The summed E-state index contributed by atoms with van der Waals surface area (Å²) in [6.07, 6.45) is 3.21. The summed E-state index contributed by atoms with van der Waals surface area (Å²) in [6, 6.07) is 5.42. The normalized spacial score (nSPS) is 31.1. The zero-order chi connectivity index (χ0) is 11.3. The van der Waals surface area contributed by atoms with Crippen molar-refractivity contribution in [3.63, 3.8) is 0 Å². The molecule has 3 rings (SSSR count). The van der Waals surface area contributed by atoms with Gasteiger partial charge in [0.05, 0.1) is 45.1 Å². The van der Waals surface area contributed by atoms with Crippen LogP contribution in [0.4, 0.5) is 5.69 Å². The number of hydrogen-bond donors (Lipinski definition) is 0. The van der Waals surface area contributed by atoms with Gasteiger partial charge in [-0.15, -0.1) is 0 Å². The molecule has 2 saturated heterocycles. The van der Waals surface area contributed by atoms with E-state index in [4.69, 9.17) is 11.6 Å². The quantitative estimate of drug-likeness (QED) is 0.548. The Hall–Kier alpha value is -0.800. The van der Waals surface area contributed by atoms with Crippen LogP contribution in [0.5, 0.6) is 0 Å². The fourth-order valence-electron chi connectivity index (χ4n) is 3.12. The lowest BCUT2D eigenvalue weighted by Gasteiger charge is -2.39. The summed E-state index contributed by atoms with van der Waals surface area (Å²) in [6.45, 7) is 2.40. The average molecular weight is 239 g/mol. The standard InChI is InChI=1S/C12H17ClN3/c1-16(2)8-10-5-11(16)7-15(10)9-3-4-12(13)14-6-9/h3-4,6,10-11H,5,7-8H2,1-2H3/q+1. The fraction of sp³-hybridized carbons (Fsp3) is 0.583. The van der Waals surface area contributed by atoms with E-state index < -0.39 is 0 Å². The largest absolute Gasteiger partial charge is 0.355 e. The summed E-state index contributed by atoms with van der Waals surface area (Å²) in [5.41, 5.74) is 1.22.